The Hall–Kier alpha value is -5.71. The van der Waals surface area contributed by atoms with Crippen molar-refractivity contribution in [3.05, 3.63) is 129 Å². The molecule has 1 aromatic heterocycles. The van der Waals surface area contributed by atoms with Crippen molar-refractivity contribution in [3.63, 3.8) is 0 Å². The number of pyridine rings is 1. The van der Waals surface area contributed by atoms with Crippen molar-refractivity contribution in [2.24, 2.45) is 16.9 Å². The van der Waals surface area contributed by atoms with Crippen molar-refractivity contribution in [2.45, 2.75) is 11.3 Å². The van der Waals surface area contributed by atoms with Gasteiger partial charge in [0.2, 0.25) is 11.8 Å². The van der Waals surface area contributed by atoms with E-state index in [4.69, 9.17) is 4.74 Å². The Labute approximate surface area is 245 Å². The van der Waals surface area contributed by atoms with Gasteiger partial charge in [-0.05, 0) is 40.5 Å². The predicted octanol–water partition coefficient (Wildman–Crippen LogP) is 3.97. The summed E-state index contributed by atoms with van der Waals surface area (Å²) in [5.74, 6) is -3.45. The van der Waals surface area contributed by atoms with Gasteiger partial charge in [-0.1, -0.05) is 48.5 Å². The summed E-state index contributed by atoms with van der Waals surface area (Å²) in [7, 11) is 1.33. The summed E-state index contributed by atoms with van der Waals surface area (Å²) < 4.78 is 5.42. The lowest BCUT2D eigenvalue weighted by molar-refractivity contribution is -0.384. The Bertz CT molecular complexity index is 1830. The van der Waals surface area contributed by atoms with Crippen molar-refractivity contribution in [2.75, 3.05) is 12.0 Å². The Balaban J connectivity index is 1.41. The van der Waals surface area contributed by atoms with Crippen molar-refractivity contribution >= 4 is 35.3 Å². The molecule has 1 N–H and O–H groups in total. The summed E-state index contributed by atoms with van der Waals surface area (Å²) in [4.78, 5) is 57.6. The van der Waals surface area contributed by atoms with Crippen LogP contribution in [-0.2, 0) is 15.0 Å². The van der Waals surface area contributed by atoms with Crippen LogP contribution in [0.25, 0.3) is 0 Å². The van der Waals surface area contributed by atoms with Gasteiger partial charge in [-0.15, -0.1) is 0 Å². The van der Waals surface area contributed by atoms with Crippen LogP contribution in [0.5, 0.6) is 5.75 Å². The van der Waals surface area contributed by atoms with E-state index in [1.54, 1.807) is 18.3 Å². The van der Waals surface area contributed by atoms with Crippen molar-refractivity contribution < 1.29 is 24.0 Å². The van der Waals surface area contributed by atoms with Crippen LogP contribution in [0.2, 0.25) is 0 Å². The molecular weight excluding hydrogens is 550 g/mol. The smallest absolute Gasteiger partial charge is 0.273 e. The molecule has 43 heavy (non-hydrogen) atoms. The minimum absolute atomic E-state index is 0.0317. The van der Waals surface area contributed by atoms with Crippen LogP contribution < -0.4 is 15.1 Å². The lowest BCUT2D eigenvalue weighted by Gasteiger charge is -2.52. The molecule has 1 saturated heterocycles. The topological polar surface area (TPSA) is 144 Å². The first-order chi connectivity index (χ1) is 20.9. The number of rotatable bonds is 6. The zero-order chi connectivity index (χ0) is 29.9. The molecule has 1 fully saturated rings. The quantitative estimate of drug-likeness (QED) is 0.159. The molecule has 3 aromatic carbocycles. The highest BCUT2D eigenvalue weighted by Gasteiger charge is 2.68. The fourth-order valence-electron chi connectivity index (χ4n) is 7.01. The van der Waals surface area contributed by atoms with Gasteiger partial charge >= 0.3 is 0 Å². The number of benzene rings is 3. The third-order valence-corrected chi connectivity index (χ3v) is 8.68. The second-order valence-electron chi connectivity index (χ2n) is 10.6. The SMILES string of the molecule is COc1cc([N+](=O)[O-])ccc1N1C(=O)[C@@H]2C3c4ccccc4C(/C=N\NC(=O)c4ccncc4)(c4ccccc43)[C@H]2C1=O. The molecule has 2 bridgehead atoms. The highest BCUT2D eigenvalue weighted by Crippen LogP contribution is 2.64. The Kier molecular flexibility index (Phi) is 5.91. The van der Waals surface area contributed by atoms with Crippen LogP contribution in [0.3, 0.4) is 0 Å². The summed E-state index contributed by atoms with van der Waals surface area (Å²) in [6.07, 6.45) is 4.57. The molecule has 212 valence electrons. The number of nitrogens with one attached hydrogen (secondary N) is 1. The lowest BCUT2D eigenvalue weighted by atomic mass is 9.47. The number of methoxy groups -OCH3 is 1. The van der Waals surface area contributed by atoms with E-state index < -0.39 is 45.8 Å². The number of hydrogen-bond donors (Lipinski definition) is 1. The van der Waals surface area contributed by atoms with Gasteiger partial charge in [-0.25, -0.2) is 10.3 Å². The molecule has 11 nitrogen and oxygen atoms in total. The molecule has 0 radical (unpaired) electrons. The van der Waals surface area contributed by atoms with E-state index in [1.165, 1.54) is 37.7 Å². The fraction of sp³-hybridized carbons (Fsp3) is 0.156. The third-order valence-electron chi connectivity index (χ3n) is 8.68. The maximum atomic E-state index is 14.5. The summed E-state index contributed by atoms with van der Waals surface area (Å²) in [6.45, 7) is 0. The number of nitro groups is 1. The highest BCUT2D eigenvalue weighted by molar-refractivity contribution is 6.25. The predicted molar refractivity (Wildman–Crippen MR) is 155 cm³/mol. The minimum atomic E-state index is -1.20. The van der Waals surface area contributed by atoms with E-state index >= 15 is 0 Å². The van der Waals surface area contributed by atoms with Gasteiger partial charge in [-0.2, -0.15) is 5.10 Å². The largest absolute Gasteiger partial charge is 0.494 e. The van der Waals surface area contributed by atoms with E-state index in [2.05, 4.69) is 15.5 Å². The van der Waals surface area contributed by atoms with Gasteiger partial charge in [0.15, 0.2) is 0 Å². The number of ether oxygens (including phenoxy) is 1. The zero-order valence-corrected chi connectivity index (χ0v) is 22.7. The summed E-state index contributed by atoms with van der Waals surface area (Å²) in [5.41, 5.74) is 5.07. The van der Waals surface area contributed by atoms with E-state index in [9.17, 15) is 24.5 Å². The molecule has 0 spiro atoms. The Morgan fingerprint density at radius 3 is 2.28 bits per heavy atom. The average molecular weight is 574 g/mol. The van der Waals surface area contributed by atoms with Gasteiger partial charge in [0.05, 0.1) is 41.0 Å². The molecule has 2 atom stereocenters. The highest BCUT2D eigenvalue weighted by atomic mass is 16.6. The number of carbonyl (C=O) groups is 3. The van der Waals surface area contributed by atoms with Gasteiger partial charge in [0.25, 0.3) is 11.6 Å². The maximum absolute atomic E-state index is 14.5. The number of hydrazone groups is 1. The van der Waals surface area contributed by atoms with Crippen LogP contribution >= 0.6 is 0 Å². The number of amides is 3. The summed E-state index contributed by atoms with van der Waals surface area (Å²) in [5, 5.41) is 15.8. The standard InChI is InChI=1S/C32H23N5O6/c1-43-25-16-19(37(41)42)10-11-24(25)36-30(39)27-26-20-6-2-4-8-22(20)32(28(27)31(36)40,23-9-5-3-7-21(23)26)17-34-35-29(38)18-12-14-33-15-13-18/h2-17,26-28H,1H3,(H,35,38)/b34-17-/t26?,27-,28-,32?/m1/s1. The minimum Gasteiger partial charge on any atom is -0.494 e. The molecule has 1 aliphatic heterocycles. The van der Waals surface area contributed by atoms with Crippen LogP contribution in [0.4, 0.5) is 11.4 Å². The zero-order valence-electron chi connectivity index (χ0n) is 22.7. The number of hydrogen-bond acceptors (Lipinski definition) is 8. The first-order valence-electron chi connectivity index (χ1n) is 13.5. The molecule has 0 unspecified atom stereocenters. The third kappa shape index (κ3) is 3.64. The molecular formula is C32H23N5O6. The number of imide groups is 1. The van der Waals surface area contributed by atoms with Crippen LogP contribution in [0.1, 0.15) is 38.5 Å². The molecule has 8 rings (SSSR count). The molecule has 3 amide bonds. The second kappa shape index (κ2) is 9.69. The van der Waals surface area contributed by atoms with Crippen LogP contribution in [0, 0.1) is 22.0 Å². The summed E-state index contributed by atoms with van der Waals surface area (Å²) in [6, 6.07) is 22.2. The second-order valence-corrected chi connectivity index (χ2v) is 10.6. The molecule has 4 aliphatic rings. The van der Waals surface area contributed by atoms with E-state index in [1.807, 2.05) is 48.5 Å². The lowest BCUT2D eigenvalue weighted by Crippen LogP contribution is -2.54. The van der Waals surface area contributed by atoms with Crippen molar-refractivity contribution in [1.82, 2.24) is 10.4 Å². The van der Waals surface area contributed by atoms with Crippen molar-refractivity contribution in [3.8, 4) is 5.75 Å². The van der Waals surface area contributed by atoms with Crippen LogP contribution in [-0.4, -0.2) is 41.0 Å². The van der Waals surface area contributed by atoms with E-state index in [0.717, 1.165) is 27.2 Å². The van der Waals surface area contributed by atoms with Crippen LogP contribution in [0.15, 0.2) is 96.4 Å². The van der Waals surface area contributed by atoms with Gasteiger partial charge in [-0.3, -0.25) is 29.5 Å². The first kappa shape index (κ1) is 26.2. The number of aromatic nitrogens is 1. The Morgan fingerprint density at radius 1 is 1.00 bits per heavy atom. The molecule has 11 heteroatoms. The number of nitro benzene ring substituents is 1. The number of nitrogens with zero attached hydrogens (tertiary/aromatic N) is 4. The number of anilines is 1. The van der Waals surface area contributed by atoms with Gasteiger partial charge in [0.1, 0.15) is 5.75 Å². The van der Waals surface area contributed by atoms with Gasteiger partial charge < -0.3 is 4.74 Å². The molecule has 4 aromatic rings. The van der Waals surface area contributed by atoms with Crippen molar-refractivity contribution in [1.29, 1.82) is 0 Å². The Morgan fingerprint density at radius 2 is 1.65 bits per heavy atom. The van der Waals surface area contributed by atoms with E-state index in [0.29, 0.717) is 5.56 Å². The summed E-state index contributed by atoms with van der Waals surface area (Å²) >= 11 is 0. The fourth-order valence-corrected chi connectivity index (χ4v) is 7.01. The normalized spacial score (nSPS) is 23.1. The number of carbonyl (C=O) groups excluding carboxylic acids is 3. The first-order valence-corrected chi connectivity index (χ1v) is 13.5. The van der Waals surface area contributed by atoms with E-state index in [-0.39, 0.29) is 17.1 Å². The van der Waals surface area contributed by atoms with Gasteiger partial charge in [0, 0.05) is 36.2 Å². The molecule has 3 aliphatic carbocycles. The molecule has 0 saturated carbocycles. The monoisotopic (exact) mass is 573 g/mol. The molecule has 2 heterocycles. The maximum Gasteiger partial charge on any atom is 0.273 e. The number of non-ortho nitro benzene ring substituents is 1. The average Bonchev–Trinajstić information content (AvgIpc) is 3.31.